The molecular weight excluding hydrogens is 370 g/mol. The molecule has 0 radical (unpaired) electrons. The summed E-state index contributed by atoms with van der Waals surface area (Å²) in [6, 6.07) is 5.49. The second-order valence-corrected chi connectivity index (χ2v) is 7.54. The van der Waals surface area contributed by atoms with E-state index in [1.807, 2.05) is 24.8 Å². The zero-order chi connectivity index (χ0) is 20.4. The fourth-order valence-electron chi connectivity index (χ4n) is 3.56. The number of carbonyl (C=O) groups excluding carboxylic acids is 1. The summed E-state index contributed by atoms with van der Waals surface area (Å²) in [5, 5.41) is 4.21. The zero-order valence-electron chi connectivity index (χ0n) is 16.9. The Morgan fingerprint density at radius 3 is 2.79 bits per heavy atom. The number of amides is 1. The average molecular weight is 395 g/mol. The monoisotopic (exact) mass is 395 g/mol. The third-order valence-corrected chi connectivity index (χ3v) is 5.02. The van der Waals surface area contributed by atoms with Gasteiger partial charge in [-0.1, -0.05) is 0 Å². The predicted octanol–water partition coefficient (Wildman–Crippen LogP) is 2.98. The number of pyridine rings is 1. The van der Waals surface area contributed by atoms with Gasteiger partial charge in [-0.2, -0.15) is 5.10 Å². The van der Waals surface area contributed by atoms with Crippen molar-refractivity contribution in [3.8, 4) is 11.8 Å². The second kappa shape index (κ2) is 8.06. The number of likely N-dealkylation sites (tertiary alicyclic amines) is 1. The highest BCUT2D eigenvalue weighted by molar-refractivity contribution is 5.96. The molecule has 29 heavy (non-hydrogen) atoms. The summed E-state index contributed by atoms with van der Waals surface area (Å²) in [6.07, 6.45) is 8.28. The molecule has 0 unspecified atom stereocenters. The number of ether oxygens (including phenoxy) is 2. The lowest BCUT2D eigenvalue weighted by Crippen LogP contribution is -2.49. The van der Waals surface area contributed by atoms with Crippen LogP contribution >= 0.6 is 0 Å². The molecule has 3 aromatic rings. The van der Waals surface area contributed by atoms with Crippen LogP contribution in [0.25, 0.3) is 5.52 Å². The van der Waals surface area contributed by atoms with Crippen LogP contribution in [0.2, 0.25) is 0 Å². The van der Waals surface area contributed by atoms with E-state index in [2.05, 4.69) is 22.0 Å². The molecule has 0 bridgehead atoms. The summed E-state index contributed by atoms with van der Waals surface area (Å²) < 4.78 is 13.6. The van der Waals surface area contributed by atoms with Crippen LogP contribution in [-0.2, 0) is 0 Å². The molecule has 4 heterocycles. The van der Waals surface area contributed by atoms with Crippen molar-refractivity contribution >= 4 is 11.4 Å². The minimum atomic E-state index is -0.144. The Bertz CT molecular complexity index is 1000. The van der Waals surface area contributed by atoms with E-state index >= 15 is 0 Å². The fraction of sp³-hybridized carbons (Fsp3) is 0.429. The van der Waals surface area contributed by atoms with E-state index in [9.17, 15) is 4.79 Å². The normalized spacial score (nSPS) is 19.5. The van der Waals surface area contributed by atoms with Crippen molar-refractivity contribution in [3.63, 3.8) is 0 Å². The van der Waals surface area contributed by atoms with E-state index in [1.54, 1.807) is 41.4 Å². The molecule has 152 valence electrons. The summed E-state index contributed by atoms with van der Waals surface area (Å²) in [6.45, 7) is 6.37. The first-order valence-corrected chi connectivity index (χ1v) is 9.90. The van der Waals surface area contributed by atoms with Crippen molar-refractivity contribution in [2.24, 2.45) is 0 Å². The molecule has 4 rings (SSSR count). The molecule has 1 saturated heterocycles. The van der Waals surface area contributed by atoms with Crippen LogP contribution in [0.15, 0.2) is 43.0 Å². The molecule has 2 atom stereocenters. The van der Waals surface area contributed by atoms with Crippen molar-refractivity contribution in [1.29, 1.82) is 0 Å². The molecule has 0 aliphatic carbocycles. The Hall–Kier alpha value is -3.16. The number of carbonyl (C=O) groups is 1. The predicted molar refractivity (Wildman–Crippen MR) is 107 cm³/mol. The lowest BCUT2D eigenvalue weighted by Gasteiger charge is -2.38. The second-order valence-electron chi connectivity index (χ2n) is 7.54. The Morgan fingerprint density at radius 1 is 1.14 bits per heavy atom. The van der Waals surface area contributed by atoms with Crippen molar-refractivity contribution < 1.29 is 14.3 Å². The number of fused-ring (bicyclic) bond motifs is 1. The molecule has 8 nitrogen and oxygen atoms in total. The maximum Gasteiger partial charge on any atom is 0.259 e. The average Bonchev–Trinajstić information content (AvgIpc) is 3.19. The summed E-state index contributed by atoms with van der Waals surface area (Å²) in [7, 11) is 0. The highest BCUT2D eigenvalue weighted by Crippen LogP contribution is 2.27. The lowest BCUT2D eigenvalue weighted by atomic mass is 10.00. The molecule has 8 heteroatoms. The van der Waals surface area contributed by atoms with E-state index in [4.69, 9.17) is 9.47 Å². The van der Waals surface area contributed by atoms with Gasteiger partial charge < -0.3 is 14.4 Å². The first-order chi connectivity index (χ1) is 14.0. The fourth-order valence-corrected chi connectivity index (χ4v) is 3.56. The summed E-state index contributed by atoms with van der Waals surface area (Å²) >= 11 is 0. The quantitative estimate of drug-likeness (QED) is 0.661. The molecule has 1 aliphatic rings. The van der Waals surface area contributed by atoms with E-state index in [0.29, 0.717) is 23.9 Å². The smallest absolute Gasteiger partial charge is 0.259 e. The highest BCUT2D eigenvalue weighted by atomic mass is 16.5. The van der Waals surface area contributed by atoms with Gasteiger partial charge in [0.2, 0.25) is 11.8 Å². The van der Waals surface area contributed by atoms with E-state index in [1.165, 1.54) is 0 Å². The number of aromatic nitrogens is 4. The molecule has 0 aromatic carbocycles. The molecule has 3 aromatic heterocycles. The minimum absolute atomic E-state index is 0.0615. The van der Waals surface area contributed by atoms with Gasteiger partial charge in [0.1, 0.15) is 17.2 Å². The SMILES string of the molecule is CC(C)Oc1ncccc1C(=O)N1C[C@H](Oc2nccn3nccc23)CC[C@H]1C. The molecule has 1 aliphatic heterocycles. The topological polar surface area (TPSA) is 81.8 Å². The van der Waals surface area contributed by atoms with Crippen LogP contribution < -0.4 is 9.47 Å². The molecule has 0 N–H and O–H groups in total. The number of rotatable bonds is 5. The summed E-state index contributed by atoms with van der Waals surface area (Å²) in [5.74, 6) is 0.806. The Kier molecular flexibility index (Phi) is 5.33. The van der Waals surface area contributed by atoms with Crippen LogP contribution in [0.3, 0.4) is 0 Å². The van der Waals surface area contributed by atoms with E-state index in [-0.39, 0.29) is 24.2 Å². The number of piperidine rings is 1. The molecule has 0 spiro atoms. The van der Waals surface area contributed by atoms with Crippen LogP contribution in [0.1, 0.15) is 44.0 Å². The van der Waals surface area contributed by atoms with Gasteiger partial charge in [-0.25, -0.2) is 14.5 Å². The minimum Gasteiger partial charge on any atom is -0.474 e. The molecule has 0 saturated carbocycles. The maximum atomic E-state index is 13.3. The van der Waals surface area contributed by atoms with Gasteiger partial charge in [-0.3, -0.25) is 4.79 Å². The maximum absolute atomic E-state index is 13.3. The van der Waals surface area contributed by atoms with Crippen LogP contribution in [0, 0.1) is 0 Å². The van der Waals surface area contributed by atoms with Crippen molar-refractivity contribution in [2.75, 3.05) is 6.54 Å². The molecule has 1 fully saturated rings. The van der Waals surface area contributed by atoms with Crippen LogP contribution in [0.5, 0.6) is 11.8 Å². The molecular formula is C21H25N5O3. The van der Waals surface area contributed by atoms with Crippen molar-refractivity contribution in [1.82, 2.24) is 24.5 Å². The van der Waals surface area contributed by atoms with Gasteiger partial charge in [-0.15, -0.1) is 0 Å². The van der Waals surface area contributed by atoms with Gasteiger partial charge >= 0.3 is 0 Å². The Labute approximate surface area is 169 Å². The highest BCUT2D eigenvalue weighted by Gasteiger charge is 2.32. The van der Waals surface area contributed by atoms with Crippen LogP contribution in [0.4, 0.5) is 0 Å². The molecule has 1 amide bonds. The number of hydrogen-bond donors (Lipinski definition) is 0. The third-order valence-electron chi connectivity index (χ3n) is 5.02. The summed E-state index contributed by atoms with van der Waals surface area (Å²) in [4.78, 5) is 23.7. The van der Waals surface area contributed by atoms with Gasteiger partial charge in [0.05, 0.1) is 18.8 Å². The van der Waals surface area contributed by atoms with E-state index < -0.39 is 0 Å². The van der Waals surface area contributed by atoms with Crippen LogP contribution in [-0.4, -0.2) is 55.2 Å². The van der Waals surface area contributed by atoms with Crippen molar-refractivity contribution in [3.05, 3.63) is 48.5 Å². The summed E-state index contributed by atoms with van der Waals surface area (Å²) in [5.41, 5.74) is 1.29. The van der Waals surface area contributed by atoms with E-state index in [0.717, 1.165) is 18.4 Å². The third kappa shape index (κ3) is 4.01. The first-order valence-electron chi connectivity index (χ1n) is 9.90. The van der Waals surface area contributed by atoms with Gasteiger partial charge in [0, 0.05) is 24.6 Å². The van der Waals surface area contributed by atoms with Gasteiger partial charge in [-0.05, 0) is 51.8 Å². The van der Waals surface area contributed by atoms with Gasteiger partial charge in [0.15, 0.2) is 0 Å². The number of nitrogens with zero attached hydrogens (tertiary/aromatic N) is 5. The Morgan fingerprint density at radius 2 is 1.97 bits per heavy atom. The Balaban J connectivity index is 1.54. The number of hydrogen-bond acceptors (Lipinski definition) is 6. The first kappa shape index (κ1) is 19.2. The zero-order valence-corrected chi connectivity index (χ0v) is 16.9. The largest absolute Gasteiger partial charge is 0.474 e. The lowest BCUT2D eigenvalue weighted by molar-refractivity contribution is 0.0371. The van der Waals surface area contributed by atoms with Gasteiger partial charge in [0.25, 0.3) is 5.91 Å². The standard InChI is InChI=1S/C21H25N5O3/c1-14(2)28-19-17(5-4-9-22-19)21(27)25-13-16(7-6-15(25)3)29-20-18-8-10-24-26(18)12-11-23-20/h4-5,8-12,14-16H,6-7,13H2,1-3H3/t15-,16-/m1/s1. The van der Waals surface area contributed by atoms with Crippen molar-refractivity contribution in [2.45, 2.75) is 51.9 Å².